The number of likely N-dealkylation sites (N-methyl/N-ethyl adjacent to an activating group) is 1. The quantitative estimate of drug-likeness (QED) is 0.796. The summed E-state index contributed by atoms with van der Waals surface area (Å²) in [4.78, 5) is 2.36. The first-order valence-electron chi connectivity index (χ1n) is 5.84. The van der Waals surface area contributed by atoms with Gasteiger partial charge in [0.15, 0.2) is 0 Å². The minimum atomic E-state index is 1.05. The van der Waals surface area contributed by atoms with Gasteiger partial charge in [-0.3, -0.25) is 0 Å². The third-order valence-corrected chi connectivity index (χ3v) is 2.96. The maximum Gasteiger partial charge on any atom is 0.0389 e. The van der Waals surface area contributed by atoms with Crippen molar-refractivity contribution < 1.29 is 0 Å². The predicted octanol–water partition coefficient (Wildman–Crippen LogP) is 2.50. The highest BCUT2D eigenvalue weighted by molar-refractivity contribution is 5.54. The highest BCUT2D eigenvalue weighted by Crippen LogP contribution is 2.21. The predicted molar refractivity (Wildman–Crippen MR) is 65.3 cm³/mol. The smallest absolute Gasteiger partial charge is 0.0389 e. The average Bonchev–Trinajstić information content (AvgIpc) is 2.39. The Hall–Kier alpha value is -1.02. The summed E-state index contributed by atoms with van der Waals surface area (Å²) in [6.07, 6.45) is 2.41. The zero-order chi connectivity index (χ0) is 10.7. The van der Waals surface area contributed by atoms with Gasteiger partial charge < -0.3 is 10.2 Å². The maximum atomic E-state index is 3.51. The molecule has 2 rings (SSSR count). The summed E-state index contributed by atoms with van der Waals surface area (Å²) < 4.78 is 0. The third-order valence-electron chi connectivity index (χ3n) is 2.96. The molecule has 0 saturated heterocycles. The van der Waals surface area contributed by atoms with E-state index < -0.39 is 0 Å². The minimum absolute atomic E-state index is 1.05. The van der Waals surface area contributed by atoms with Crippen LogP contribution in [0, 0.1) is 0 Å². The summed E-state index contributed by atoms with van der Waals surface area (Å²) in [5.74, 6) is 0. The summed E-state index contributed by atoms with van der Waals surface area (Å²) >= 11 is 0. The van der Waals surface area contributed by atoms with Crippen LogP contribution in [0.3, 0.4) is 0 Å². The molecular formula is C13H20N2. The van der Waals surface area contributed by atoms with Crippen molar-refractivity contribution in [3.8, 4) is 0 Å². The van der Waals surface area contributed by atoms with Crippen molar-refractivity contribution in [2.75, 3.05) is 25.5 Å². The molecule has 0 fully saturated rings. The van der Waals surface area contributed by atoms with Gasteiger partial charge in [-0.05, 0) is 30.7 Å². The molecule has 0 unspecified atom stereocenters. The van der Waals surface area contributed by atoms with Gasteiger partial charge in [0, 0.05) is 25.3 Å². The molecule has 0 spiro atoms. The SMILES string of the molecule is CCCc1ccc2c(c1)NCCN(C)C2. The van der Waals surface area contributed by atoms with Crippen LogP contribution in [0.4, 0.5) is 5.69 Å². The normalized spacial score (nSPS) is 16.7. The fourth-order valence-corrected chi connectivity index (χ4v) is 2.12. The molecule has 82 valence electrons. The lowest BCUT2D eigenvalue weighted by atomic mass is 10.1. The molecule has 1 N–H and O–H groups in total. The van der Waals surface area contributed by atoms with Gasteiger partial charge in [-0.15, -0.1) is 0 Å². The van der Waals surface area contributed by atoms with Crippen LogP contribution in [0.25, 0.3) is 0 Å². The number of aryl methyl sites for hydroxylation is 1. The molecule has 1 aliphatic heterocycles. The second-order valence-corrected chi connectivity index (χ2v) is 4.41. The molecule has 0 aliphatic carbocycles. The molecule has 0 saturated carbocycles. The van der Waals surface area contributed by atoms with Crippen molar-refractivity contribution in [3.05, 3.63) is 29.3 Å². The molecule has 1 aromatic rings. The highest BCUT2D eigenvalue weighted by Gasteiger charge is 2.10. The molecular weight excluding hydrogens is 184 g/mol. The Kier molecular flexibility index (Phi) is 3.27. The van der Waals surface area contributed by atoms with Crippen LogP contribution in [0.5, 0.6) is 0 Å². The lowest BCUT2D eigenvalue weighted by Gasteiger charge is -2.12. The van der Waals surface area contributed by atoms with Gasteiger partial charge in [-0.25, -0.2) is 0 Å². The topological polar surface area (TPSA) is 15.3 Å². The zero-order valence-electron chi connectivity index (χ0n) is 9.71. The molecule has 1 heterocycles. The summed E-state index contributed by atoms with van der Waals surface area (Å²) in [6, 6.07) is 6.86. The molecule has 0 amide bonds. The van der Waals surface area contributed by atoms with Crippen LogP contribution >= 0.6 is 0 Å². The van der Waals surface area contributed by atoms with Crippen molar-refractivity contribution >= 4 is 5.69 Å². The highest BCUT2D eigenvalue weighted by atomic mass is 15.1. The first-order chi connectivity index (χ1) is 7.29. The lowest BCUT2D eigenvalue weighted by molar-refractivity contribution is 0.346. The lowest BCUT2D eigenvalue weighted by Crippen LogP contribution is -2.20. The number of nitrogens with one attached hydrogen (secondary N) is 1. The van der Waals surface area contributed by atoms with E-state index in [-0.39, 0.29) is 0 Å². The molecule has 1 aromatic carbocycles. The Morgan fingerprint density at radius 1 is 1.40 bits per heavy atom. The van der Waals surface area contributed by atoms with Crippen LogP contribution < -0.4 is 5.32 Å². The van der Waals surface area contributed by atoms with Crippen LogP contribution in [-0.2, 0) is 13.0 Å². The van der Waals surface area contributed by atoms with E-state index in [1.54, 1.807) is 0 Å². The van der Waals surface area contributed by atoms with Crippen LogP contribution in [0.2, 0.25) is 0 Å². The Balaban J connectivity index is 2.23. The van der Waals surface area contributed by atoms with E-state index in [1.165, 1.54) is 29.7 Å². The van der Waals surface area contributed by atoms with Crippen molar-refractivity contribution in [1.29, 1.82) is 0 Å². The molecule has 0 aromatic heterocycles. The summed E-state index contributed by atoms with van der Waals surface area (Å²) in [5.41, 5.74) is 4.22. The number of fused-ring (bicyclic) bond motifs is 1. The van der Waals surface area contributed by atoms with Crippen molar-refractivity contribution in [2.45, 2.75) is 26.3 Å². The van der Waals surface area contributed by atoms with Gasteiger partial charge >= 0.3 is 0 Å². The van der Waals surface area contributed by atoms with Crippen LogP contribution in [0.15, 0.2) is 18.2 Å². The largest absolute Gasteiger partial charge is 0.383 e. The monoisotopic (exact) mass is 204 g/mol. The zero-order valence-corrected chi connectivity index (χ0v) is 9.71. The van der Waals surface area contributed by atoms with Gasteiger partial charge in [0.05, 0.1) is 0 Å². The van der Waals surface area contributed by atoms with Crippen LogP contribution in [-0.4, -0.2) is 25.0 Å². The van der Waals surface area contributed by atoms with E-state index in [0.29, 0.717) is 0 Å². The third kappa shape index (κ3) is 2.51. The van der Waals surface area contributed by atoms with E-state index in [1.807, 2.05) is 0 Å². The number of anilines is 1. The Bertz CT molecular complexity index is 333. The number of rotatable bonds is 2. The van der Waals surface area contributed by atoms with E-state index in [4.69, 9.17) is 0 Å². The molecule has 2 nitrogen and oxygen atoms in total. The maximum absolute atomic E-state index is 3.51. The van der Waals surface area contributed by atoms with Crippen LogP contribution in [0.1, 0.15) is 24.5 Å². The van der Waals surface area contributed by atoms with Crippen molar-refractivity contribution in [1.82, 2.24) is 4.90 Å². The molecule has 0 atom stereocenters. The average molecular weight is 204 g/mol. The number of nitrogens with zero attached hydrogens (tertiary/aromatic N) is 1. The summed E-state index contributed by atoms with van der Waals surface area (Å²) in [7, 11) is 2.18. The molecule has 15 heavy (non-hydrogen) atoms. The van der Waals surface area contributed by atoms with Crippen molar-refractivity contribution in [3.63, 3.8) is 0 Å². The fourth-order valence-electron chi connectivity index (χ4n) is 2.12. The van der Waals surface area contributed by atoms with E-state index >= 15 is 0 Å². The Labute approximate surface area is 92.3 Å². The number of hydrogen-bond acceptors (Lipinski definition) is 2. The molecule has 0 bridgehead atoms. The summed E-state index contributed by atoms with van der Waals surface area (Å²) in [6.45, 7) is 5.47. The first kappa shape index (κ1) is 10.5. The van der Waals surface area contributed by atoms with Gasteiger partial charge in [-0.1, -0.05) is 25.5 Å². The second kappa shape index (κ2) is 4.67. The fraction of sp³-hybridized carbons (Fsp3) is 0.538. The van der Waals surface area contributed by atoms with Gasteiger partial charge in [0.25, 0.3) is 0 Å². The first-order valence-corrected chi connectivity index (χ1v) is 5.84. The van der Waals surface area contributed by atoms with E-state index in [2.05, 4.69) is 42.4 Å². The van der Waals surface area contributed by atoms with Gasteiger partial charge in [0.2, 0.25) is 0 Å². The number of hydrogen-bond donors (Lipinski definition) is 1. The minimum Gasteiger partial charge on any atom is -0.383 e. The van der Waals surface area contributed by atoms with E-state index in [9.17, 15) is 0 Å². The molecule has 0 radical (unpaired) electrons. The Morgan fingerprint density at radius 3 is 3.07 bits per heavy atom. The van der Waals surface area contributed by atoms with Gasteiger partial charge in [-0.2, -0.15) is 0 Å². The van der Waals surface area contributed by atoms with E-state index in [0.717, 1.165) is 19.6 Å². The van der Waals surface area contributed by atoms with Crippen molar-refractivity contribution in [2.24, 2.45) is 0 Å². The Morgan fingerprint density at radius 2 is 2.27 bits per heavy atom. The second-order valence-electron chi connectivity index (χ2n) is 4.41. The summed E-state index contributed by atoms with van der Waals surface area (Å²) in [5, 5.41) is 3.51. The standard InChI is InChI=1S/C13H20N2/c1-3-4-11-5-6-12-10-15(2)8-7-14-13(12)9-11/h5-6,9,14H,3-4,7-8,10H2,1-2H3. The molecule has 2 heteroatoms. The van der Waals surface area contributed by atoms with Gasteiger partial charge in [0.1, 0.15) is 0 Å². The number of benzene rings is 1. The molecule has 1 aliphatic rings.